The zero-order valence-corrected chi connectivity index (χ0v) is 11.1. The average molecular weight is 293 g/mol. The largest absolute Gasteiger partial charge is 0.449 e. The molecule has 0 aromatic carbocycles. The molecule has 0 saturated carbocycles. The lowest BCUT2D eigenvalue weighted by molar-refractivity contribution is 0.158. The summed E-state index contributed by atoms with van der Waals surface area (Å²) < 4.78 is 30.4. The van der Waals surface area contributed by atoms with Crippen molar-refractivity contribution in [3.05, 3.63) is 0 Å². The number of alkyl halides is 2. The van der Waals surface area contributed by atoms with E-state index in [1.165, 1.54) is 0 Å². The molecule has 0 spiro atoms. The molecule has 0 aromatic rings. The molecule has 0 aliphatic carbocycles. The van der Waals surface area contributed by atoms with Gasteiger partial charge in [-0.15, -0.1) is 23.2 Å². The minimum absolute atomic E-state index is 0.0724. The molecule has 0 aliphatic rings. The molecular weight excluding hydrogens is 279 g/mol. The lowest BCUT2D eigenvalue weighted by Gasteiger charge is -2.19. The Balaban J connectivity index is 4.52. The number of nitrogens with zero attached hydrogens (tertiary/aromatic N) is 1. The third-order valence-electron chi connectivity index (χ3n) is 1.50. The van der Waals surface area contributed by atoms with Crippen LogP contribution in [0, 0.1) is 0 Å². The lowest BCUT2D eigenvalue weighted by Crippen LogP contribution is -2.45. The van der Waals surface area contributed by atoms with Gasteiger partial charge in [-0.3, -0.25) is 0 Å². The average Bonchev–Trinajstić information content (AvgIpc) is 2.17. The molecule has 96 valence electrons. The molecule has 0 aromatic heterocycles. The molecule has 0 atom stereocenters. The summed E-state index contributed by atoms with van der Waals surface area (Å²) in [5.74, 6) is 0.223. The second kappa shape index (κ2) is 7.94. The molecule has 9 heteroatoms. The number of rotatable bonds is 7. The van der Waals surface area contributed by atoms with Gasteiger partial charge in [0.1, 0.15) is 0 Å². The van der Waals surface area contributed by atoms with Crippen LogP contribution in [0.2, 0.25) is 0 Å². The van der Waals surface area contributed by atoms with Gasteiger partial charge in [-0.25, -0.2) is 9.52 Å². The predicted molar refractivity (Wildman–Crippen MR) is 62.1 cm³/mol. The molecule has 0 rings (SSSR count). The molecule has 0 aliphatic heterocycles. The van der Waals surface area contributed by atoms with Crippen LogP contribution >= 0.6 is 23.2 Å². The highest BCUT2D eigenvalue weighted by Gasteiger charge is 2.23. The van der Waals surface area contributed by atoms with E-state index in [-0.39, 0.29) is 31.5 Å². The molecule has 1 N–H and O–H groups in total. The summed E-state index contributed by atoms with van der Waals surface area (Å²) in [4.78, 5) is 11.0. The molecule has 0 bridgehead atoms. The van der Waals surface area contributed by atoms with Crippen LogP contribution in [0.4, 0.5) is 4.79 Å². The van der Waals surface area contributed by atoms with Crippen LogP contribution < -0.4 is 4.72 Å². The Bertz CT molecular complexity index is 304. The van der Waals surface area contributed by atoms with E-state index < -0.39 is 16.3 Å². The van der Waals surface area contributed by atoms with Crippen LogP contribution in [-0.4, -0.2) is 50.3 Å². The first-order valence-corrected chi connectivity index (χ1v) is 7.05. The maximum absolute atomic E-state index is 11.6. The third kappa shape index (κ3) is 5.74. The van der Waals surface area contributed by atoms with Gasteiger partial charge in [-0.2, -0.15) is 12.7 Å². The number of amides is 1. The highest BCUT2D eigenvalue weighted by Crippen LogP contribution is 2.00. The Labute approximate surface area is 105 Å². The quantitative estimate of drug-likeness (QED) is 0.703. The smallest absolute Gasteiger partial charge is 0.421 e. The Morgan fingerprint density at radius 3 is 2.19 bits per heavy atom. The van der Waals surface area contributed by atoms with Crippen LogP contribution in [-0.2, 0) is 14.9 Å². The van der Waals surface area contributed by atoms with Crippen molar-refractivity contribution in [3.63, 3.8) is 0 Å². The Morgan fingerprint density at radius 1 is 1.31 bits per heavy atom. The van der Waals surface area contributed by atoms with Crippen LogP contribution in [0.1, 0.15) is 6.92 Å². The zero-order valence-electron chi connectivity index (χ0n) is 8.78. The summed E-state index contributed by atoms with van der Waals surface area (Å²) in [5.41, 5.74) is 0. The SMILES string of the molecule is CCOC(=O)NS(=O)(=O)N(CCCl)CCCl. The molecular formula is C7H14Cl2N2O4S. The van der Waals surface area contributed by atoms with Gasteiger partial charge in [0.05, 0.1) is 6.61 Å². The Hall–Kier alpha value is -0.240. The van der Waals surface area contributed by atoms with E-state index >= 15 is 0 Å². The van der Waals surface area contributed by atoms with Crippen molar-refractivity contribution in [1.82, 2.24) is 9.03 Å². The number of carbonyl (C=O) groups is 1. The maximum atomic E-state index is 11.6. The third-order valence-corrected chi connectivity index (χ3v) is 3.30. The van der Waals surface area contributed by atoms with E-state index in [1.54, 1.807) is 11.6 Å². The van der Waals surface area contributed by atoms with Gasteiger partial charge in [0.15, 0.2) is 0 Å². The number of carbonyl (C=O) groups excluding carboxylic acids is 1. The van der Waals surface area contributed by atoms with Crippen molar-refractivity contribution in [2.24, 2.45) is 0 Å². The van der Waals surface area contributed by atoms with Crippen molar-refractivity contribution in [3.8, 4) is 0 Å². The molecule has 16 heavy (non-hydrogen) atoms. The second-order valence-electron chi connectivity index (χ2n) is 2.60. The van der Waals surface area contributed by atoms with E-state index in [0.717, 1.165) is 4.31 Å². The fraction of sp³-hybridized carbons (Fsp3) is 0.857. The summed E-state index contributed by atoms with van der Waals surface area (Å²) in [6.45, 7) is 1.81. The van der Waals surface area contributed by atoms with E-state index in [2.05, 4.69) is 4.74 Å². The van der Waals surface area contributed by atoms with E-state index in [9.17, 15) is 13.2 Å². The highest BCUT2D eigenvalue weighted by atomic mass is 35.5. The fourth-order valence-corrected chi connectivity index (χ4v) is 2.54. The first kappa shape index (κ1) is 15.8. The lowest BCUT2D eigenvalue weighted by atomic mass is 10.7. The number of ether oxygens (including phenoxy) is 1. The Kier molecular flexibility index (Phi) is 7.82. The molecule has 0 radical (unpaired) electrons. The van der Waals surface area contributed by atoms with Crippen molar-refractivity contribution < 1.29 is 17.9 Å². The molecule has 0 fully saturated rings. The van der Waals surface area contributed by atoms with Crippen molar-refractivity contribution in [1.29, 1.82) is 0 Å². The monoisotopic (exact) mass is 292 g/mol. The van der Waals surface area contributed by atoms with E-state index in [4.69, 9.17) is 23.2 Å². The normalized spacial score (nSPS) is 11.5. The van der Waals surface area contributed by atoms with Gasteiger partial charge in [0.2, 0.25) is 0 Å². The molecule has 0 unspecified atom stereocenters. The summed E-state index contributed by atoms with van der Waals surface area (Å²) in [6, 6.07) is 0. The summed E-state index contributed by atoms with van der Waals surface area (Å²) in [6.07, 6.45) is -1.02. The summed E-state index contributed by atoms with van der Waals surface area (Å²) in [7, 11) is -3.93. The standard InChI is InChI=1S/C7H14Cl2N2O4S/c1-2-15-7(12)10-16(13,14)11(5-3-8)6-4-9/h2-6H2,1H3,(H,10,12). The van der Waals surface area contributed by atoms with Crippen LogP contribution in [0.5, 0.6) is 0 Å². The van der Waals surface area contributed by atoms with Crippen LogP contribution in [0.15, 0.2) is 0 Å². The minimum Gasteiger partial charge on any atom is -0.449 e. The maximum Gasteiger partial charge on any atom is 0.421 e. The molecule has 6 nitrogen and oxygen atoms in total. The first-order valence-electron chi connectivity index (χ1n) is 4.54. The Morgan fingerprint density at radius 2 is 1.81 bits per heavy atom. The van der Waals surface area contributed by atoms with Crippen molar-refractivity contribution >= 4 is 39.5 Å². The topological polar surface area (TPSA) is 75.7 Å². The van der Waals surface area contributed by atoms with Gasteiger partial charge in [0.25, 0.3) is 0 Å². The van der Waals surface area contributed by atoms with Crippen molar-refractivity contribution in [2.45, 2.75) is 6.92 Å². The minimum atomic E-state index is -3.93. The molecule has 0 heterocycles. The van der Waals surface area contributed by atoms with Crippen LogP contribution in [0.25, 0.3) is 0 Å². The van der Waals surface area contributed by atoms with E-state index in [1.807, 2.05) is 0 Å². The second-order valence-corrected chi connectivity index (χ2v) is 5.03. The highest BCUT2D eigenvalue weighted by molar-refractivity contribution is 7.87. The first-order chi connectivity index (χ1) is 7.47. The molecule has 0 saturated heterocycles. The van der Waals surface area contributed by atoms with Crippen LogP contribution in [0.3, 0.4) is 0 Å². The number of halogens is 2. The van der Waals surface area contributed by atoms with Gasteiger partial charge in [-0.05, 0) is 6.92 Å². The van der Waals surface area contributed by atoms with Gasteiger partial charge >= 0.3 is 16.3 Å². The van der Waals surface area contributed by atoms with Gasteiger partial charge < -0.3 is 4.74 Å². The van der Waals surface area contributed by atoms with Gasteiger partial charge in [0, 0.05) is 24.8 Å². The van der Waals surface area contributed by atoms with Gasteiger partial charge in [-0.1, -0.05) is 0 Å². The molecule has 1 amide bonds. The predicted octanol–water partition coefficient (Wildman–Crippen LogP) is 0.757. The van der Waals surface area contributed by atoms with E-state index in [0.29, 0.717) is 0 Å². The summed E-state index contributed by atoms with van der Waals surface area (Å²) >= 11 is 10.9. The zero-order chi connectivity index (χ0) is 12.6. The number of hydrogen-bond acceptors (Lipinski definition) is 4. The van der Waals surface area contributed by atoms with Crippen molar-refractivity contribution in [2.75, 3.05) is 31.5 Å². The summed E-state index contributed by atoms with van der Waals surface area (Å²) in [5, 5.41) is 0. The fourth-order valence-electron chi connectivity index (χ4n) is 0.871. The number of nitrogens with one attached hydrogen (secondary N) is 1. The number of hydrogen-bond donors (Lipinski definition) is 1.